The van der Waals surface area contributed by atoms with Gasteiger partial charge < -0.3 is 29.1 Å². The first kappa shape index (κ1) is 27.5. The van der Waals surface area contributed by atoms with Crippen LogP contribution in [0.2, 0.25) is 0 Å². The highest BCUT2D eigenvalue weighted by Crippen LogP contribution is 2.43. The van der Waals surface area contributed by atoms with Gasteiger partial charge in [-0.1, -0.05) is 13.0 Å². The third-order valence-corrected chi connectivity index (χ3v) is 6.76. The maximum absolute atomic E-state index is 13.4. The summed E-state index contributed by atoms with van der Waals surface area (Å²) in [6, 6.07) is 10.1. The van der Waals surface area contributed by atoms with E-state index in [2.05, 4.69) is 0 Å². The fourth-order valence-electron chi connectivity index (χ4n) is 5.03. The van der Waals surface area contributed by atoms with Crippen molar-refractivity contribution in [2.45, 2.75) is 52.2 Å². The second kappa shape index (κ2) is 11.9. The maximum atomic E-state index is 13.4. The number of hydrogen-bond acceptors (Lipinski definition) is 7. The molecule has 38 heavy (non-hydrogen) atoms. The Hall–Kier alpha value is -3.52. The number of carbonyl (C=O) groups excluding carboxylic acids is 2. The summed E-state index contributed by atoms with van der Waals surface area (Å²) in [5.74, 6) is 0.439. The summed E-state index contributed by atoms with van der Waals surface area (Å²) in [7, 11) is 3.93. The maximum Gasteiger partial charge on any atom is 0.295 e. The van der Waals surface area contributed by atoms with Gasteiger partial charge in [-0.3, -0.25) is 9.59 Å². The van der Waals surface area contributed by atoms with Gasteiger partial charge in [0.1, 0.15) is 17.6 Å². The smallest absolute Gasteiger partial charge is 0.295 e. The fourth-order valence-corrected chi connectivity index (χ4v) is 5.03. The van der Waals surface area contributed by atoms with Gasteiger partial charge in [0.05, 0.1) is 24.8 Å². The Morgan fingerprint density at radius 1 is 1.11 bits per heavy atom. The summed E-state index contributed by atoms with van der Waals surface area (Å²) in [4.78, 5) is 30.3. The van der Waals surface area contributed by atoms with E-state index in [0.717, 1.165) is 30.7 Å². The summed E-state index contributed by atoms with van der Waals surface area (Å²) >= 11 is 0. The van der Waals surface area contributed by atoms with E-state index in [4.69, 9.17) is 14.2 Å². The number of benzene rings is 2. The van der Waals surface area contributed by atoms with Crippen LogP contribution in [-0.2, 0) is 16.0 Å². The molecule has 0 radical (unpaired) electrons. The molecule has 0 aromatic heterocycles. The van der Waals surface area contributed by atoms with Crippen molar-refractivity contribution in [3.05, 3.63) is 58.7 Å². The Labute approximate surface area is 224 Å². The number of likely N-dealkylation sites (tertiary alicyclic amines) is 1. The Bertz CT molecular complexity index is 1220. The largest absolute Gasteiger partial charge is 0.507 e. The molecule has 2 atom stereocenters. The van der Waals surface area contributed by atoms with E-state index in [-0.39, 0.29) is 17.4 Å². The highest BCUT2D eigenvalue weighted by molar-refractivity contribution is 6.46. The van der Waals surface area contributed by atoms with Crippen molar-refractivity contribution < 1.29 is 28.9 Å². The van der Waals surface area contributed by atoms with Gasteiger partial charge in [-0.25, -0.2) is 0 Å². The topological polar surface area (TPSA) is 88.5 Å². The number of ketones is 1. The third-order valence-electron chi connectivity index (χ3n) is 6.76. The van der Waals surface area contributed by atoms with Crippen molar-refractivity contribution in [2.75, 3.05) is 40.4 Å². The van der Waals surface area contributed by atoms with Crippen molar-refractivity contribution >= 4 is 17.4 Å². The van der Waals surface area contributed by atoms with Crippen molar-refractivity contribution in [3.63, 3.8) is 0 Å². The minimum Gasteiger partial charge on any atom is -0.507 e. The van der Waals surface area contributed by atoms with Gasteiger partial charge in [0, 0.05) is 18.5 Å². The number of carbonyl (C=O) groups is 2. The molecular weight excluding hydrogens is 484 g/mol. The molecule has 1 amide bonds. The van der Waals surface area contributed by atoms with Crippen LogP contribution in [-0.4, -0.2) is 73.1 Å². The van der Waals surface area contributed by atoms with Crippen LogP contribution < -0.4 is 14.2 Å². The molecule has 0 saturated carbocycles. The normalized spacial score (nSPS) is 20.1. The molecule has 0 unspecified atom stereocenters. The van der Waals surface area contributed by atoms with Gasteiger partial charge in [-0.05, 0) is 88.8 Å². The van der Waals surface area contributed by atoms with Crippen molar-refractivity contribution in [1.82, 2.24) is 9.80 Å². The molecule has 1 N–H and O–H groups in total. The molecule has 0 aliphatic carbocycles. The number of fused-ring (bicyclic) bond motifs is 1. The quantitative estimate of drug-likeness (QED) is 0.263. The zero-order valence-corrected chi connectivity index (χ0v) is 23.0. The van der Waals surface area contributed by atoms with Gasteiger partial charge in [0.25, 0.3) is 11.7 Å². The Kier molecular flexibility index (Phi) is 8.62. The lowest BCUT2D eigenvalue weighted by molar-refractivity contribution is -0.139. The number of nitrogens with zero attached hydrogens (tertiary/aromatic N) is 2. The highest BCUT2D eigenvalue weighted by Gasteiger charge is 2.46. The standard InChI is InChI=1S/C30H38N2O6/c1-6-15-37-24-12-9-20(18-25(24)36-7-2)27-26(29(34)30(35)32(27)14-8-13-31(4)5)28(33)21-10-11-23-22(17-21)16-19(3)38-23/h9-12,17-19,27,33H,6-8,13-16H2,1-5H3/b28-26+/t19-,27-/m0/s1. The first-order valence-corrected chi connectivity index (χ1v) is 13.4. The molecule has 4 rings (SSSR count). The molecule has 2 aromatic rings. The van der Waals surface area contributed by atoms with Crippen LogP contribution in [0.5, 0.6) is 17.2 Å². The van der Waals surface area contributed by atoms with E-state index in [0.29, 0.717) is 48.8 Å². The van der Waals surface area contributed by atoms with Crippen LogP contribution in [0.25, 0.3) is 5.76 Å². The lowest BCUT2D eigenvalue weighted by Crippen LogP contribution is -2.32. The van der Waals surface area contributed by atoms with Gasteiger partial charge >= 0.3 is 0 Å². The van der Waals surface area contributed by atoms with Gasteiger partial charge in [0.15, 0.2) is 11.5 Å². The molecule has 2 aliphatic heterocycles. The molecule has 204 valence electrons. The highest BCUT2D eigenvalue weighted by atomic mass is 16.5. The molecular formula is C30H38N2O6. The van der Waals surface area contributed by atoms with Gasteiger partial charge in [-0.2, -0.15) is 0 Å². The SMILES string of the molecule is CCCOc1ccc([C@H]2/C(=C(\O)c3ccc4c(c3)C[C@H](C)O4)C(=O)C(=O)N2CCCN(C)C)cc1OCC. The summed E-state index contributed by atoms with van der Waals surface area (Å²) in [5.41, 5.74) is 2.22. The number of amides is 1. The number of aliphatic hydroxyl groups excluding tert-OH is 1. The van der Waals surface area contributed by atoms with E-state index in [1.165, 1.54) is 0 Å². The third kappa shape index (κ3) is 5.65. The van der Waals surface area contributed by atoms with Crippen LogP contribution in [0, 0.1) is 0 Å². The van der Waals surface area contributed by atoms with Crippen molar-refractivity contribution in [3.8, 4) is 17.2 Å². The monoisotopic (exact) mass is 522 g/mol. The molecule has 0 spiro atoms. The summed E-state index contributed by atoms with van der Waals surface area (Å²) in [6.45, 7) is 8.02. The molecule has 2 aromatic carbocycles. The second-order valence-corrected chi connectivity index (χ2v) is 10.1. The predicted octanol–water partition coefficient (Wildman–Crippen LogP) is 4.57. The van der Waals surface area contributed by atoms with Crippen LogP contribution >= 0.6 is 0 Å². The number of rotatable bonds is 11. The van der Waals surface area contributed by atoms with Crippen molar-refractivity contribution in [1.29, 1.82) is 0 Å². The molecule has 0 bridgehead atoms. The zero-order valence-electron chi connectivity index (χ0n) is 23.0. The van der Waals surface area contributed by atoms with Gasteiger partial charge in [-0.15, -0.1) is 0 Å². The zero-order chi connectivity index (χ0) is 27.4. The summed E-state index contributed by atoms with van der Waals surface area (Å²) < 4.78 is 17.5. The average Bonchev–Trinajstić information content (AvgIpc) is 3.38. The first-order chi connectivity index (χ1) is 18.2. The van der Waals surface area contributed by atoms with Crippen LogP contribution in [0.4, 0.5) is 0 Å². The summed E-state index contributed by atoms with van der Waals surface area (Å²) in [6.07, 6.45) is 2.30. The lowest BCUT2D eigenvalue weighted by atomic mass is 9.94. The average molecular weight is 523 g/mol. The molecule has 2 heterocycles. The van der Waals surface area contributed by atoms with Crippen molar-refractivity contribution in [2.24, 2.45) is 0 Å². The van der Waals surface area contributed by atoms with Crippen LogP contribution in [0.3, 0.4) is 0 Å². The van der Waals surface area contributed by atoms with Crippen LogP contribution in [0.1, 0.15) is 56.3 Å². The summed E-state index contributed by atoms with van der Waals surface area (Å²) in [5, 5.41) is 11.5. The fraction of sp³-hybridized carbons (Fsp3) is 0.467. The molecule has 1 fully saturated rings. The number of hydrogen-bond donors (Lipinski definition) is 1. The van der Waals surface area contributed by atoms with E-state index in [1.54, 1.807) is 11.0 Å². The van der Waals surface area contributed by atoms with Gasteiger partial charge in [0.2, 0.25) is 0 Å². The van der Waals surface area contributed by atoms with E-state index >= 15 is 0 Å². The number of Topliss-reactive ketones (excluding diaryl/α,β-unsaturated/α-hetero) is 1. The van der Waals surface area contributed by atoms with E-state index in [9.17, 15) is 14.7 Å². The predicted molar refractivity (Wildman–Crippen MR) is 146 cm³/mol. The molecule has 8 heteroatoms. The minimum absolute atomic E-state index is 0.0510. The number of aliphatic hydroxyl groups is 1. The number of ether oxygens (including phenoxy) is 3. The lowest BCUT2D eigenvalue weighted by Gasteiger charge is -2.26. The second-order valence-electron chi connectivity index (χ2n) is 10.1. The first-order valence-electron chi connectivity index (χ1n) is 13.4. The molecule has 8 nitrogen and oxygen atoms in total. The van der Waals surface area contributed by atoms with E-state index in [1.807, 2.05) is 70.1 Å². The minimum atomic E-state index is -0.750. The Balaban J connectivity index is 1.80. The van der Waals surface area contributed by atoms with Crippen LogP contribution in [0.15, 0.2) is 42.0 Å². The molecule has 1 saturated heterocycles. The Morgan fingerprint density at radius 2 is 1.89 bits per heavy atom. The Morgan fingerprint density at radius 3 is 2.61 bits per heavy atom. The van der Waals surface area contributed by atoms with E-state index < -0.39 is 17.7 Å². The molecule has 2 aliphatic rings.